The van der Waals surface area contributed by atoms with Crippen LogP contribution < -0.4 is 10.6 Å². The van der Waals surface area contributed by atoms with E-state index in [0.717, 1.165) is 22.9 Å². The lowest BCUT2D eigenvalue weighted by atomic mass is 10.2. The number of benzene rings is 1. The lowest BCUT2D eigenvalue weighted by Crippen LogP contribution is -2.29. The van der Waals surface area contributed by atoms with Gasteiger partial charge in [-0.1, -0.05) is 11.6 Å². The topological polar surface area (TPSA) is 24.1 Å². The van der Waals surface area contributed by atoms with Crippen LogP contribution in [0.4, 0.5) is 11.4 Å². The maximum absolute atomic E-state index is 5.86. The fourth-order valence-electron chi connectivity index (χ4n) is 1.37. The van der Waals surface area contributed by atoms with E-state index in [0.29, 0.717) is 6.04 Å². The molecule has 1 aromatic rings. The molecule has 0 bridgehead atoms. The molecule has 2 rings (SSSR count). The van der Waals surface area contributed by atoms with Crippen LogP contribution in [0.5, 0.6) is 0 Å². The van der Waals surface area contributed by atoms with Gasteiger partial charge in [-0.2, -0.15) is 0 Å². The third-order valence-electron chi connectivity index (χ3n) is 1.98. The Balaban J connectivity index is 2.37. The van der Waals surface area contributed by atoms with E-state index in [1.165, 1.54) is 0 Å². The number of fused-ring (bicyclic) bond motifs is 1. The highest BCUT2D eigenvalue weighted by atomic mass is 35.5. The number of anilines is 2. The minimum absolute atomic E-state index is 0.468. The van der Waals surface area contributed by atoms with Crippen molar-refractivity contribution in [1.82, 2.24) is 0 Å². The highest BCUT2D eigenvalue weighted by molar-refractivity contribution is 6.31. The van der Waals surface area contributed by atoms with Crippen LogP contribution in [0.1, 0.15) is 6.92 Å². The molecule has 0 saturated carbocycles. The zero-order valence-corrected chi connectivity index (χ0v) is 7.65. The molecule has 1 aliphatic heterocycles. The van der Waals surface area contributed by atoms with Crippen molar-refractivity contribution in [3.8, 4) is 0 Å². The summed E-state index contributed by atoms with van der Waals surface area (Å²) in [6.07, 6.45) is 0. The molecule has 1 aromatic carbocycles. The van der Waals surface area contributed by atoms with E-state index in [1.807, 2.05) is 18.2 Å². The van der Waals surface area contributed by atoms with Gasteiger partial charge in [0.15, 0.2) is 0 Å². The molecule has 2 nitrogen and oxygen atoms in total. The van der Waals surface area contributed by atoms with Gasteiger partial charge >= 0.3 is 0 Å². The molecule has 0 amide bonds. The summed E-state index contributed by atoms with van der Waals surface area (Å²) in [5.41, 5.74) is 2.23. The third-order valence-corrected chi connectivity index (χ3v) is 2.22. The predicted octanol–water partition coefficient (Wildman–Crippen LogP) is 2.57. The normalized spacial score (nSPS) is 20.7. The maximum Gasteiger partial charge on any atom is 0.0593 e. The minimum Gasteiger partial charge on any atom is -0.381 e. The summed E-state index contributed by atoms with van der Waals surface area (Å²) >= 11 is 5.86. The quantitative estimate of drug-likeness (QED) is 0.645. The third kappa shape index (κ3) is 1.34. The molecular weight excluding hydrogens is 172 g/mol. The van der Waals surface area contributed by atoms with Gasteiger partial charge in [0.1, 0.15) is 0 Å². The molecule has 0 aromatic heterocycles. The van der Waals surface area contributed by atoms with Gasteiger partial charge in [-0.25, -0.2) is 0 Å². The lowest BCUT2D eigenvalue weighted by molar-refractivity contribution is 0.818. The molecule has 12 heavy (non-hydrogen) atoms. The molecule has 3 heteroatoms. The average molecular weight is 183 g/mol. The SMILES string of the molecule is CC1CNc2ccc(Cl)cc2N1. The monoisotopic (exact) mass is 182 g/mol. The van der Waals surface area contributed by atoms with E-state index in [4.69, 9.17) is 11.6 Å². The van der Waals surface area contributed by atoms with Gasteiger partial charge in [-0.05, 0) is 25.1 Å². The fourth-order valence-corrected chi connectivity index (χ4v) is 1.54. The van der Waals surface area contributed by atoms with E-state index in [9.17, 15) is 0 Å². The Bertz CT molecular complexity index is 299. The van der Waals surface area contributed by atoms with Crippen molar-refractivity contribution >= 4 is 23.0 Å². The molecule has 1 aliphatic rings. The van der Waals surface area contributed by atoms with Crippen molar-refractivity contribution in [3.05, 3.63) is 23.2 Å². The van der Waals surface area contributed by atoms with Crippen LogP contribution in [-0.2, 0) is 0 Å². The Kier molecular flexibility index (Phi) is 1.85. The zero-order valence-electron chi connectivity index (χ0n) is 6.89. The average Bonchev–Trinajstić information content (AvgIpc) is 2.03. The Morgan fingerprint density at radius 2 is 2.25 bits per heavy atom. The van der Waals surface area contributed by atoms with Crippen molar-refractivity contribution in [3.63, 3.8) is 0 Å². The molecule has 0 fully saturated rings. The van der Waals surface area contributed by atoms with Gasteiger partial charge in [-0.3, -0.25) is 0 Å². The first-order valence-electron chi connectivity index (χ1n) is 4.05. The smallest absolute Gasteiger partial charge is 0.0593 e. The fraction of sp³-hybridized carbons (Fsp3) is 0.333. The van der Waals surface area contributed by atoms with E-state index in [-0.39, 0.29) is 0 Å². The van der Waals surface area contributed by atoms with Crippen molar-refractivity contribution < 1.29 is 0 Å². The number of halogens is 1. The van der Waals surface area contributed by atoms with E-state index in [1.54, 1.807) is 0 Å². The highest BCUT2D eigenvalue weighted by Gasteiger charge is 2.12. The van der Waals surface area contributed by atoms with Gasteiger partial charge < -0.3 is 10.6 Å². The molecule has 1 unspecified atom stereocenters. The Labute approximate surface area is 76.9 Å². The molecule has 0 radical (unpaired) electrons. The molecule has 1 atom stereocenters. The van der Waals surface area contributed by atoms with E-state index in [2.05, 4.69) is 17.6 Å². The van der Waals surface area contributed by atoms with Crippen LogP contribution >= 0.6 is 11.6 Å². The molecule has 0 aliphatic carbocycles. The second-order valence-electron chi connectivity index (χ2n) is 3.12. The Morgan fingerprint density at radius 1 is 1.42 bits per heavy atom. The molecule has 0 spiro atoms. The van der Waals surface area contributed by atoms with Gasteiger partial charge in [0.2, 0.25) is 0 Å². The molecular formula is C9H11ClN2. The Hall–Kier alpha value is -0.890. The maximum atomic E-state index is 5.86. The molecule has 1 heterocycles. The Morgan fingerprint density at radius 3 is 3.08 bits per heavy atom. The van der Waals surface area contributed by atoms with Crippen LogP contribution in [0.25, 0.3) is 0 Å². The summed E-state index contributed by atoms with van der Waals surface area (Å²) in [4.78, 5) is 0. The number of rotatable bonds is 0. The first-order chi connectivity index (χ1) is 5.75. The van der Waals surface area contributed by atoms with E-state index >= 15 is 0 Å². The minimum atomic E-state index is 0.468. The highest BCUT2D eigenvalue weighted by Crippen LogP contribution is 2.28. The first kappa shape index (κ1) is 7.74. The molecule has 64 valence electrons. The predicted molar refractivity (Wildman–Crippen MR) is 53.0 cm³/mol. The van der Waals surface area contributed by atoms with Crippen LogP contribution in [0.3, 0.4) is 0 Å². The van der Waals surface area contributed by atoms with Gasteiger partial charge in [0.05, 0.1) is 11.4 Å². The second kappa shape index (κ2) is 2.87. The van der Waals surface area contributed by atoms with Crippen LogP contribution in [-0.4, -0.2) is 12.6 Å². The molecule has 2 N–H and O–H groups in total. The van der Waals surface area contributed by atoms with Crippen LogP contribution in [0, 0.1) is 0 Å². The second-order valence-corrected chi connectivity index (χ2v) is 3.55. The summed E-state index contributed by atoms with van der Waals surface area (Å²) in [7, 11) is 0. The number of hydrogen-bond acceptors (Lipinski definition) is 2. The summed E-state index contributed by atoms with van der Waals surface area (Å²) in [6.45, 7) is 3.10. The summed E-state index contributed by atoms with van der Waals surface area (Å²) < 4.78 is 0. The molecule has 0 saturated heterocycles. The van der Waals surface area contributed by atoms with Gasteiger partial charge in [0, 0.05) is 17.6 Å². The summed E-state index contributed by atoms with van der Waals surface area (Å²) in [6, 6.07) is 6.30. The largest absolute Gasteiger partial charge is 0.381 e. The summed E-state index contributed by atoms with van der Waals surface area (Å²) in [5.74, 6) is 0. The number of nitrogens with one attached hydrogen (secondary N) is 2. The zero-order chi connectivity index (χ0) is 8.55. The van der Waals surface area contributed by atoms with Crippen molar-refractivity contribution in [2.75, 3.05) is 17.2 Å². The van der Waals surface area contributed by atoms with Crippen molar-refractivity contribution in [2.45, 2.75) is 13.0 Å². The van der Waals surface area contributed by atoms with Crippen molar-refractivity contribution in [1.29, 1.82) is 0 Å². The summed E-state index contributed by atoms with van der Waals surface area (Å²) in [5, 5.41) is 7.45. The van der Waals surface area contributed by atoms with Crippen LogP contribution in [0.15, 0.2) is 18.2 Å². The lowest BCUT2D eigenvalue weighted by Gasteiger charge is -2.25. The number of hydrogen-bond donors (Lipinski definition) is 2. The van der Waals surface area contributed by atoms with Gasteiger partial charge in [0.25, 0.3) is 0 Å². The van der Waals surface area contributed by atoms with E-state index < -0.39 is 0 Å². The van der Waals surface area contributed by atoms with Crippen LogP contribution in [0.2, 0.25) is 5.02 Å². The van der Waals surface area contributed by atoms with Crippen molar-refractivity contribution in [2.24, 2.45) is 0 Å². The standard InChI is InChI=1S/C9H11ClN2/c1-6-5-11-8-3-2-7(10)4-9(8)12-6/h2-4,6,11-12H,5H2,1H3. The first-order valence-corrected chi connectivity index (χ1v) is 4.43. The van der Waals surface area contributed by atoms with Gasteiger partial charge in [-0.15, -0.1) is 0 Å².